The van der Waals surface area contributed by atoms with E-state index in [0.717, 1.165) is 37.7 Å². The molecule has 5 nitrogen and oxygen atoms in total. The van der Waals surface area contributed by atoms with E-state index in [-0.39, 0.29) is 5.82 Å². The number of piperazine rings is 1. The highest BCUT2D eigenvalue weighted by atomic mass is 19.1. The number of nitrogens with zero attached hydrogens (tertiary/aromatic N) is 4. The standard InChI is InChI=1S/C14H16FN5/c15-11-1-3-12(4-2-11)19-5-7-20(8-6-19)14-10-17-13(16)9-18-14/h1-4,9-10H,5-8H2,(H2,16,17). The van der Waals surface area contributed by atoms with Crippen LogP contribution in [0.2, 0.25) is 0 Å². The van der Waals surface area contributed by atoms with Gasteiger partial charge in [-0.25, -0.2) is 14.4 Å². The molecule has 1 fully saturated rings. The van der Waals surface area contributed by atoms with Crippen molar-refractivity contribution in [2.24, 2.45) is 0 Å². The number of anilines is 3. The van der Waals surface area contributed by atoms with Crippen LogP contribution in [0.15, 0.2) is 36.7 Å². The first kappa shape index (κ1) is 12.7. The van der Waals surface area contributed by atoms with E-state index in [2.05, 4.69) is 19.8 Å². The minimum absolute atomic E-state index is 0.204. The molecule has 20 heavy (non-hydrogen) atoms. The van der Waals surface area contributed by atoms with E-state index >= 15 is 0 Å². The van der Waals surface area contributed by atoms with E-state index in [9.17, 15) is 4.39 Å². The van der Waals surface area contributed by atoms with Crippen LogP contribution in [0.5, 0.6) is 0 Å². The van der Waals surface area contributed by atoms with Gasteiger partial charge in [-0.15, -0.1) is 0 Å². The monoisotopic (exact) mass is 273 g/mol. The lowest BCUT2D eigenvalue weighted by Crippen LogP contribution is -2.46. The van der Waals surface area contributed by atoms with Crippen LogP contribution in [0, 0.1) is 5.82 Å². The third-order valence-electron chi connectivity index (χ3n) is 3.45. The normalized spacial score (nSPS) is 15.4. The van der Waals surface area contributed by atoms with Gasteiger partial charge in [-0.3, -0.25) is 0 Å². The Morgan fingerprint density at radius 3 is 2.15 bits per heavy atom. The Morgan fingerprint density at radius 2 is 1.55 bits per heavy atom. The Labute approximate surface area is 116 Å². The predicted molar refractivity (Wildman–Crippen MR) is 77.3 cm³/mol. The SMILES string of the molecule is Nc1cnc(N2CCN(c3ccc(F)cc3)CC2)cn1. The number of aromatic nitrogens is 2. The second kappa shape index (κ2) is 5.32. The van der Waals surface area contributed by atoms with Gasteiger partial charge in [0.25, 0.3) is 0 Å². The third kappa shape index (κ3) is 2.64. The molecule has 0 radical (unpaired) electrons. The maximum Gasteiger partial charge on any atom is 0.147 e. The van der Waals surface area contributed by atoms with Gasteiger partial charge in [0.15, 0.2) is 0 Å². The average Bonchev–Trinajstić information content (AvgIpc) is 2.49. The Bertz CT molecular complexity index is 508. The number of nitrogens with two attached hydrogens (primary N) is 1. The van der Waals surface area contributed by atoms with Gasteiger partial charge in [-0.2, -0.15) is 0 Å². The third-order valence-corrected chi connectivity index (χ3v) is 3.45. The molecule has 104 valence electrons. The number of nitrogen functional groups attached to an aromatic ring is 1. The van der Waals surface area contributed by atoms with Crippen LogP contribution in [0.25, 0.3) is 0 Å². The first-order chi connectivity index (χ1) is 9.72. The molecule has 1 aromatic heterocycles. The summed E-state index contributed by atoms with van der Waals surface area (Å²) in [6.07, 6.45) is 3.27. The van der Waals surface area contributed by atoms with Crippen molar-refractivity contribution in [3.8, 4) is 0 Å². The highest BCUT2D eigenvalue weighted by Gasteiger charge is 2.18. The number of halogens is 1. The van der Waals surface area contributed by atoms with Crippen molar-refractivity contribution in [2.45, 2.75) is 0 Å². The smallest absolute Gasteiger partial charge is 0.147 e. The predicted octanol–water partition coefficient (Wildman–Crippen LogP) is 1.52. The van der Waals surface area contributed by atoms with E-state index in [4.69, 9.17) is 5.73 Å². The molecule has 2 N–H and O–H groups in total. The molecule has 0 saturated carbocycles. The summed E-state index contributed by atoms with van der Waals surface area (Å²) in [5.41, 5.74) is 6.59. The molecule has 2 heterocycles. The zero-order valence-corrected chi connectivity index (χ0v) is 11.0. The van der Waals surface area contributed by atoms with Gasteiger partial charge in [0.2, 0.25) is 0 Å². The van der Waals surface area contributed by atoms with Gasteiger partial charge in [0.1, 0.15) is 17.5 Å². The van der Waals surface area contributed by atoms with Crippen molar-refractivity contribution in [1.82, 2.24) is 9.97 Å². The lowest BCUT2D eigenvalue weighted by Gasteiger charge is -2.36. The van der Waals surface area contributed by atoms with Crippen LogP contribution in [-0.2, 0) is 0 Å². The maximum absolute atomic E-state index is 12.9. The number of hydrogen-bond acceptors (Lipinski definition) is 5. The molecule has 1 aliphatic rings. The fraction of sp³-hybridized carbons (Fsp3) is 0.286. The van der Waals surface area contributed by atoms with E-state index in [0.29, 0.717) is 5.82 Å². The summed E-state index contributed by atoms with van der Waals surface area (Å²) >= 11 is 0. The fourth-order valence-corrected chi connectivity index (χ4v) is 2.34. The molecular weight excluding hydrogens is 257 g/mol. The molecular formula is C14H16FN5. The summed E-state index contributed by atoms with van der Waals surface area (Å²) < 4.78 is 12.9. The number of hydrogen-bond donors (Lipinski definition) is 1. The van der Waals surface area contributed by atoms with Crippen LogP contribution >= 0.6 is 0 Å². The highest BCUT2D eigenvalue weighted by molar-refractivity contribution is 5.49. The minimum Gasteiger partial charge on any atom is -0.382 e. The van der Waals surface area contributed by atoms with Crippen LogP contribution in [-0.4, -0.2) is 36.1 Å². The van der Waals surface area contributed by atoms with Gasteiger partial charge in [-0.1, -0.05) is 0 Å². The van der Waals surface area contributed by atoms with Crippen molar-refractivity contribution in [3.63, 3.8) is 0 Å². The van der Waals surface area contributed by atoms with Crippen LogP contribution < -0.4 is 15.5 Å². The second-order valence-corrected chi connectivity index (χ2v) is 4.75. The van der Waals surface area contributed by atoms with E-state index in [1.54, 1.807) is 12.4 Å². The molecule has 1 aliphatic heterocycles. The molecule has 1 aromatic carbocycles. The van der Waals surface area contributed by atoms with Crippen LogP contribution in [0.4, 0.5) is 21.7 Å². The first-order valence-electron chi connectivity index (χ1n) is 6.55. The highest BCUT2D eigenvalue weighted by Crippen LogP contribution is 2.19. The minimum atomic E-state index is -0.204. The van der Waals surface area contributed by atoms with Crippen molar-refractivity contribution >= 4 is 17.3 Å². The Balaban J connectivity index is 1.64. The zero-order valence-electron chi connectivity index (χ0n) is 11.0. The summed E-state index contributed by atoms with van der Waals surface area (Å²) in [5, 5.41) is 0. The molecule has 1 saturated heterocycles. The molecule has 2 aromatic rings. The topological polar surface area (TPSA) is 58.3 Å². The van der Waals surface area contributed by atoms with Crippen molar-refractivity contribution in [2.75, 3.05) is 41.7 Å². The number of rotatable bonds is 2. The van der Waals surface area contributed by atoms with E-state index in [1.165, 1.54) is 12.1 Å². The van der Waals surface area contributed by atoms with Crippen molar-refractivity contribution in [3.05, 3.63) is 42.5 Å². The number of benzene rings is 1. The first-order valence-corrected chi connectivity index (χ1v) is 6.55. The van der Waals surface area contributed by atoms with Crippen LogP contribution in [0.1, 0.15) is 0 Å². The van der Waals surface area contributed by atoms with Gasteiger partial charge in [0, 0.05) is 31.9 Å². The lowest BCUT2D eigenvalue weighted by molar-refractivity contribution is 0.624. The van der Waals surface area contributed by atoms with Gasteiger partial charge >= 0.3 is 0 Å². The zero-order chi connectivity index (χ0) is 13.9. The second-order valence-electron chi connectivity index (χ2n) is 4.75. The molecule has 0 atom stereocenters. The Kier molecular flexibility index (Phi) is 3.37. The van der Waals surface area contributed by atoms with Gasteiger partial charge < -0.3 is 15.5 Å². The molecule has 0 unspecified atom stereocenters. The van der Waals surface area contributed by atoms with E-state index in [1.807, 2.05) is 12.1 Å². The summed E-state index contributed by atoms with van der Waals surface area (Å²) in [6, 6.07) is 6.61. The van der Waals surface area contributed by atoms with Gasteiger partial charge in [0.05, 0.1) is 12.4 Å². The summed E-state index contributed by atoms with van der Waals surface area (Å²) in [5.74, 6) is 1.07. The summed E-state index contributed by atoms with van der Waals surface area (Å²) in [4.78, 5) is 12.8. The Morgan fingerprint density at radius 1 is 0.900 bits per heavy atom. The molecule has 0 spiro atoms. The van der Waals surface area contributed by atoms with Gasteiger partial charge in [-0.05, 0) is 24.3 Å². The average molecular weight is 273 g/mol. The molecule has 3 rings (SSSR count). The molecule has 0 aliphatic carbocycles. The lowest BCUT2D eigenvalue weighted by atomic mass is 10.2. The maximum atomic E-state index is 12.9. The largest absolute Gasteiger partial charge is 0.382 e. The summed E-state index contributed by atoms with van der Waals surface area (Å²) in [6.45, 7) is 3.46. The van der Waals surface area contributed by atoms with Crippen molar-refractivity contribution < 1.29 is 4.39 Å². The fourth-order valence-electron chi connectivity index (χ4n) is 2.34. The quantitative estimate of drug-likeness (QED) is 0.899. The van der Waals surface area contributed by atoms with E-state index < -0.39 is 0 Å². The summed E-state index contributed by atoms with van der Waals surface area (Å²) in [7, 11) is 0. The molecule has 0 bridgehead atoms. The Hall–Kier alpha value is -2.37. The molecule has 0 amide bonds. The van der Waals surface area contributed by atoms with Crippen molar-refractivity contribution in [1.29, 1.82) is 0 Å². The van der Waals surface area contributed by atoms with Crippen LogP contribution in [0.3, 0.4) is 0 Å². The molecule has 6 heteroatoms.